The summed E-state index contributed by atoms with van der Waals surface area (Å²) >= 11 is 1.65. The average molecular weight is 423 g/mol. The van der Waals surface area contributed by atoms with Gasteiger partial charge in [-0.3, -0.25) is 9.78 Å². The van der Waals surface area contributed by atoms with Gasteiger partial charge in [-0.1, -0.05) is 6.07 Å². The number of pyridine rings is 1. The Balaban J connectivity index is 1.49. The van der Waals surface area contributed by atoms with E-state index >= 15 is 0 Å². The van der Waals surface area contributed by atoms with E-state index in [1.54, 1.807) is 23.3 Å². The lowest BCUT2D eigenvalue weighted by atomic mass is 9.94. The molecule has 1 aromatic carbocycles. The number of nitrogens with zero attached hydrogens (tertiary/aromatic N) is 2. The Kier molecular flexibility index (Phi) is 5.25. The highest BCUT2D eigenvalue weighted by Gasteiger charge is 2.32. The van der Waals surface area contributed by atoms with Crippen molar-refractivity contribution in [2.24, 2.45) is 0 Å². The van der Waals surface area contributed by atoms with E-state index in [9.17, 15) is 4.79 Å². The monoisotopic (exact) mass is 422 g/mol. The predicted molar refractivity (Wildman–Crippen MR) is 115 cm³/mol. The Morgan fingerprint density at radius 2 is 2.03 bits per heavy atom. The van der Waals surface area contributed by atoms with E-state index in [0.717, 1.165) is 33.6 Å². The highest BCUT2D eigenvalue weighted by atomic mass is 32.1. The number of aromatic nitrogens is 1. The summed E-state index contributed by atoms with van der Waals surface area (Å²) in [4.78, 5) is 19.3. The van der Waals surface area contributed by atoms with E-state index in [2.05, 4.69) is 16.4 Å². The van der Waals surface area contributed by atoms with Crippen molar-refractivity contribution in [1.82, 2.24) is 4.98 Å². The number of thiophene rings is 1. The quantitative estimate of drug-likeness (QED) is 0.612. The lowest BCUT2D eigenvalue weighted by Crippen LogP contribution is -2.35. The Morgan fingerprint density at radius 3 is 2.73 bits per heavy atom. The molecule has 0 N–H and O–H groups in total. The van der Waals surface area contributed by atoms with Gasteiger partial charge in [0.05, 0.1) is 38.2 Å². The Hall–Kier alpha value is -2.74. The summed E-state index contributed by atoms with van der Waals surface area (Å²) in [5, 5.41) is 4.11. The van der Waals surface area contributed by atoms with Gasteiger partial charge in [-0.2, -0.15) is 11.3 Å². The molecule has 0 saturated carbocycles. The summed E-state index contributed by atoms with van der Waals surface area (Å²) in [5.74, 6) is 0.760. The van der Waals surface area contributed by atoms with E-state index in [1.807, 2.05) is 35.8 Å². The van der Waals surface area contributed by atoms with Crippen LogP contribution in [0.4, 0.5) is 5.69 Å². The van der Waals surface area contributed by atoms with Gasteiger partial charge in [-0.25, -0.2) is 0 Å². The van der Waals surface area contributed by atoms with Crippen LogP contribution in [0.2, 0.25) is 0 Å². The van der Waals surface area contributed by atoms with Crippen molar-refractivity contribution in [3.63, 3.8) is 0 Å². The number of anilines is 1. The third-order valence-electron chi connectivity index (χ3n) is 5.52. The molecule has 1 amide bonds. The van der Waals surface area contributed by atoms with Crippen molar-refractivity contribution in [1.29, 1.82) is 0 Å². The zero-order valence-corrected chi connectivity index (χ0v) is 17.5. The van der Waals surface area contributed by atoms with Gasteiger partial charge in [0, 0.05) is 29.1 Å². The molecule has 0 spiro atoms. The van der Waals surface area contributed by atoms with Gasteiger partial charge in [0.2, 0.25) is 5.91 Å². The van der Waals surface area contributed by atoms with Crippen LogP contribution in [0.1, 0.15) is 29.4 Å². The van der Waals surface area contributed by atoms with E-state index < -0.39 is 0 Å². The number of rotatable bonds is 5. The normalized spacial score (nSPS) is 16.7. The van der Waals surface area contributed by atoms with Crippen LogP contribution in [0.5, 0.6) is 5.75 Å². The highest BCUT2D eigenvalue weighted by molar-refractivity contribution is 7.08. The SMILES string of the molecule is COc1ccc(C2OCCO2)c2c1N(Cc1ccc(-c3ccsc3)nc1)C(=O)CC2. The van der Waals surface area contributed by atoms with Crippen LogP contribution in [0.25, 0.3) is 11.3 Å². The first-order valence-electron chi connectivity index (χ1n) is 9.95. The molecule has 0 radical (unpaired) electrons. The van der Waals surface area contributed by atoms with Gasteiger partial charge in [0.25, 0.3) is 0 Å². The minimum atomic E-state index is -0.383. The zero-order valence-electron chi connectivity index (χ0n) is 16.7. The lowest BCUT2D eigenvalue weighted by Gasteiger charge is -2.33. The number of amides is 1. The number of benzene rings is 1. The van der Waals surface area contributed by atoms with Crippen LogP contribution in [-0.4, -0.2) is 31.2 Å². The number of carbonyl (C=O) groups is 1. The molecular formula is C23H22N2O4S. The van der Waals surface area contributed by atoms with Crippen molar-refractivity contribution in [3.8, 4) is 17.0 Å². The minimum absolute atomic E-state index is 0.0770. The van der Waals surface area contributed by atoms with Crippen molar-refractivity contribution >= 4 is 22.9 Å². The Morgan fingerprint density at radius 1 is 1.17 bits per heavy atom. The molecule has 30 heavy (non-hydrogen) atoms. The molecule has 2 aliphatic heterocycles. The Bertz CT molecular complexity index is 1040. The van der Waals surface area contributed by atoms with Crippen LogP contribution < -0.4 is 9.64 Å². The Labute approximate surface area is 179 Å². The van der Waals surface area contributed by atoms with Crippen molar-refractivity contribution < 1.29 is 19.0 Å². The fraction of sp³-hybridized carbons (Fsp3) is 0.304. The number of methoxy groups -OCH3 is 1. The van der Waals surface area contributed by atoms with E-state index in [-0.39, 0.29) is 12.2 Å². The highest BCUT2D eigenvalue weighted by Crippen LogP contribution is 2.42. The molecule has 3 aromatic rings. The first kappa shape index (κ1) is 19.2. The average Bonchev–Trinajstić information content (AvgIpc) is 3.50. The molecule has 2 aromatic heterocycles. The first-order valence-corrected chi connectivity index (χ1v) is 10.9. The van der Waals surface area contributed by atoms with Crippen molar-refractivity contribution in [2.45, 2.75) is 25.7 Å². The summed E-state index contributed by atoms with van der Waals surface area (Å²) in [6.45, 7) is 1.60. The molecule has 0 aliphatic carbocycles. The smallest absolute Gasteiger partial charge is 0.227 e. The van der Waals surface area contributed by atoms with Gasteiger partial charge in [-0.15, -0.1) is 0 Å². The standard InChI is InChI=1S/C23H22N2O4S/c1-27-20-6-3-18(23-28-9-10-29-23)17-4-7-21(26)25(22(17)20)13-15-2-5-19(24-12-15)16-8-11-30-14-16/h2-3,5-6,8,11-12,14,23H,4,7,9-10,13H2,1H3. The van der Waals surface area contributed by atoms with Crippen LogP contribution in [0.3, 0.4) is 0 Å². The molecule has 154 valence electrons. The summed E-state index contributed by atoms with van der Waals surface area (Å²) in [6, 6.07) is 9.96. The topological polar surface area (TPSA) is 60.9 Å². The summed E-state index contributed by atoms with van der Waals surface area (Å²) < 4.78 is 17.1. The molecule has 0 atom stereocenters. The van der Waals surface area contributed by atoms with Crippen LogP contribution in [-0.2, 0) is 27.2 Å². The maximum absolute atomic E-state index is 12.9. The lowest BCUT2D eigenvalue weighted by molar-refractivity contribution is -0.119. The van der Waals surface area contributed by atoms with Crippen LogP contribution in [0, 0.1) is 0 Å². The third kappa shape index (κ3) is 3.49. The minimum Gasteiger partial charge on any atom is -0.495 e. The molecule has 6 nitrogen and oxygen atoms in total. The van der Waals surface area contributed by atoms with Crippen LogP contribution in [0.15, 0.2) is 47.3 Å². The van der Waals surface area contributed by atoms with Gasteiger partial charge < -0.3 is 19.1 Å². The summed E-state index contributed by atoms with van der Waals surface area (Å²) in [6.07, 6.45) is 2.55. The summed E-state index contributed by atoms with van der Waals surface area (Å²) in [5.41, 5.74) is 5.85. The fourth-order valence-corrected chi connectivity index (χ4v) is 4.70. The molecule has 0 unspecified atom stereocenters. The van der Waals surface area contributed by atoms with Gasteiger partial charge >= 0.3 is 0 Å². The molecule has 4 heterocycles. The largest absolute Gasteiger partial charge is 0.495 e. The number of ether oxygens (including phenoxy) is 3. The first-order chi connectivity index (χ1) is 14.7. The fourth-order valence-electron chi connectivity index (χ4n) is 4.05. The van der Waals surface area contributed by atoms with Crippen molar-refractivity contribution in [2.75, 3.05) is 25.2 Å². The maximum atomic E-state index is 12.9. The van der Waals surface area contributed by atoms with Crippen molar-refractivity contribution in [3.05, 3.63) is 64.0 Å². The number of carbonyl (C=O) groups excluding carboxylic acids is 1. The molecule has 5 rings (SSSR count). The second-order valence-corrected chi connectivity index (χ2v) is 8.08. The van der Waals surface area contributed by atoms with Crippen LogP contribution >= 0.6 is 11.3 Å². The number of hydrogen-bond donors (Lipinski definition) is 0. The predicted octanol–water partition coefficient (Wildman–Crippen LogP) is 4.34. The molecule has 2 aliphatic rings. The molecule has 1 saturated heterocycles. The van der Waals surface area contributed by atoms with Gasteiger partial charge in [0.1, 0.15) is 5.75 Å². The third-order valence-corrected chi connectivity index (χ3v) is 6.20. The maximum Gasteiger partial charge on any atom is 0.227 e. The zero-order chi connectivity index (χ0) is 20.5. The van der Waals surface area contributed by atoms with E-state index in [0.29, 0.717) is 38.3 Å². The number of fused-ring (bicyclic) bond motifs is 1. The van der Waals surface area contributed by atoms with E-state index in [1.165, 1.54) is 0 Å². The van der Waals surface area contributed by atoms with Gasteiger partial charge in [-0.05, 0) is 47.2 Å². The molecule has 7 heteroatoms. The molecule has 1 fully saturated rings. The molecule has 0 bridgehead atoms. The summed E-state index contributed by atoms with van der Waals surface area (Å²) in [7, 11) is 1.63. The second-order valence-electron chi connectivity index (χ2n) is 7.30. The number of hydrogen-bond acceptors (Lipinski definition) is 6. The molecular weight excluding hydrogens is 400 g/mol. The second kappa shape index (κ2) is 8.18. The van der Waals surface area contributed by atoms with Gasteiger partial charge in [0.15, 0.2) is 6.29 Å². The van der Waals surface area contributed by atoms with E-state index in [4.69, 9.17) is 14.2 Å².